The molecule has 6 heteroatoms. The summed E-state index contributed by atoms with van der Waals surface area (Å²) in [5, 5.41) is 6.15. The van der Waals surface area contributed by atoms with Crippen molar-refractivity contribution < 1.29 is 14.3 Å². The molecule has 0 saturated heterocycles. The van der Waals surface area contributed by atoms with Crippen molar-refractivity contribution in [1.29, 1.82) is 0 Å². The van der Waals surface area contributed by atoms with Crippen molar-refractivity contribution in [1.82, 2.24) is 15.6 Å². The van der Waals surface area contributed by atoms with Gasteiger partial charge in [0.05, 0.1) is 11.7 Å². The van der Waals surface area contributed by atoms with E-state index in [0.717, 1.165) is 54.0 Å². The molecule has 0 aliphatic heterocycles. The first kappa shape index (κ1) is 22.9. The highest BCUT2D eigenvalue weighted by Gasteiger charge is 2.54. The molecule has 4 bridgehead atoms. The van der Waals surface area contributed by atoms with E-state index in [4.69, 9.17) is 4.74 Å². The van der Waals surface area contributed by atoms with Crippen molar-refractivity contribution in [3.63, 3.8) is 0 Å². The average molecular weight is 462 g/mol. The molecular formula is C28H35N3O3. The Balaban J connectivity index is 1.07. The molecule has 4 aliphatic rings. The third kappa shape index (κ3) is 5.11. The van der Waals surface area contributed by atoms with Gasteiger partial charge in [0.1, 0.15) is 12.4 Å². The van der Waals surface area contributed by atoms with E-state index in [1.54, 1.807) is 6.20 Å². The highest BCUT2D eigenvalue weighted by atomic mass is 16.5. The van der Waals surface area contributed by atoms with Crippen LogP contribution in [-0.4, -0.2) is 23.3 Å². The Labute approximate surface area is 201 Å². The number of carbonyl (C=O) groups excluding carboxylic acids is 2. The van der Waals surface area contributed by atoms with Crippen LogP contribution in [-0.2, 0) is 16.2 Å². The molecule has 6 rings (SSSR count). The van der Waals surface area contributed by atoms with Crippen LogP contribution in [0, 0.1) is 23.2 Å². The maximum absolute atomic E-state index is 13.1. The van der Waals surface area contributed by atoms with Gasteiger partial charge in [-0.1, -0.05) is 18.2 Å². The van der Waals surface area contributed by atoms with Crippen molar-refractivity contribution in [2.45, 2.75) is 64.5 Å². The van der Waals surface area contributed by atoms with Gasteiger partial charge in [0.15, 0.2) is 0 Å². The van der Waals surface area contributed by atoms with Crippen LogP contribution < -0.4 is 15.4 Å². The summed E-state index contributed by atoms with van der Waals surface area (Å²) in [6.07, 6.45) is 9.15. The molecule has 180 valence electrons. The quantitative estimate of drug-likeness (QED) is 0.574. The number of nitrogens with one attached hydrogen (secondary N) is 2. The lowest BCUT2D eigenvalue weighted by Gasteiger charge is -2.55. The third-order valence-electron chi connectivity index (χ3n) is 8.01. The minimum Gasteiger partial charge on any atom is -0.487 e. The number of pyridine rings is 1. The van der Waals surface area contributed by atoms with E-state index in [0.29, 0.717) is 13.2 Å². The van der Waals surface area contributed by atoms with Gasteiger partial charge in [-0.2, -0.15) is 0 Å². The standard InChI is InChI=1S/C28H35N3O3/c1-19(23-5-4-7-25(14-23)34-18-24-6-2-3-9-29-24)31-26(32)8-10-30-27(33)28-15-20-11-21(16-28)13-22(12-20)17-28/h2-7,9,14,19-22H,8,10-13,15-18H2,1H3,(H,30,33)(H,31,32). The van der Waals surface area contributed by atoms with Gasteiger partial charge in [0.2, 0.25) is 11.8 Å². The lowest BCUT2D eigenvalue weighted by atomic mass is 9.49. The molecule has 1 unspecified atom stereocenters. The van der Waals surface area contributed by atoms with Crippen molar-refractivity contribution in [3.8, 4) is 5.75 Å². The van der Waals surface area contributed by atoms with E-state index in [9.17, 15) is 9.59 Å². The lowest BCUT2D eigenvalue weighted by molar-refractivity contribution is -0.146. The minimum atomic E-state index is -0.159. The number of benzene rings is 1. The summed E-state index contributed by atoms with van der Waals surface area (Å²) in [6, 6.07) is 13.3. The number of ether oxygens (including phenoxy) is 1. The van der Waals surface area contributed by atoms with Gasteiger partial charge in [-0.15, -0.1) is 0 Å². The number of carbonyl (C=O) groups is 2. The predicted molar refractivity (Wildman–Crippen MR) is 130 cm³/mol. The maximum atomic E-state index is 13.1. The van der Waals surface area contributed by atoms with Gasteiger partial charge in [-0.3, -0.25) is 14.6 Å². The molecule has 1 aromatic heterocycles. The van der Waals surface area contributed by atoms with Crippen molar-refractivity contribution >= 4 is 11.8 Å². The fourth-order valence-corrected chi connectivity index (χ4v) is 6.78. The number of rotatable bonds is 9. The van der Waals surface area contributed by atoms with E-state index >= 15 is 0 Å². The molecule has 2 N–H and O–H groups in total. The monoisotopic (exact) mass is 461 g/mol. The molecule has 2 aromatic rings. The molecule has 2 amide bonds. The average Bonchev–Trinajstić information content (AvgIpc) is 2.82. The van der Waals surface area contributed by atoms with Gasteiger partial charge in [-0.05, 0) is 93.0 Å². The van der Waals surface area contributed by atoms with Crippen molar-refractivity contribution in [2.75, 3.05) is 6.54 Å². The second-order valence-electron chi connectivity index (χ2n) is 10.7. The zero-order valence-corrected chi connectivity index (χ0v) is 20.0. The first-order chi connectivity index (χ1) is 16.5. The molecule has 4 saturated carbocycles. The third-order valence-corrected chi connectivity index (χ3v) is 8.01. The van der Waals surface area contributed by atoms with E-state index < -0.39 is 0 Å². The van der Waals surface area contributed by atoms with Gasteiger partial charge in [0.25, 0.3) is 0 Å². The summed E-state index contributed by atoms with van der Waals surface area (Å²) in [6.45, 7) is 2.75. The molecule has 4 aliphatic carbocycles. The Kier molecular flexibility index (Phi) is 6.57. The summed E-state index contributed by atoms with van der Waals surface area (Å²) >= 11 is 0. The minimum absolute atomic E-state index is 0.0573. The zero-order valence-electron chi connectivity index (χ0n) is 20.0. The Hall–Kier alpha value is -2.89. The molecule has 6 nitrogen and oxygen atoms in total. The van der Waals surface area contributed by atoms with Crippen molar-refractivity contribution in [3.05, 3.63) is 59.9 Å². The van der Waals surface area contributed by atoms with E-state index in [-0.39, 0.29) is 29.7 Å². The summed E-state index contributed by atoms with van der Waals surface area (Å²) in [5.41, 5.74) is 1.68. The molecular weight excluding hydrogens is 426 g/mol. The number of hydrogen-bond donors (Lipinski definition) is 2. The normalized spacial score (nSPS) is 27.7. The first-order valence-corrected chi connectivity index (χ1v) is 12.7. The fourth-order valence-electron chi connectivity index (χ4n) is 6.78. The van der Waals surface area contributed by atoms with Crippen molar-refractivity contribution in [2.24, 2.45) is 23.2 Å². The fraction of sp³-hybridized carbons (Fsp3) is 0.536. The molecule has 0 radical (unpaired) electrons. The van der Waals surface area contributed by atoms with Crippen LogP contribution in [0.4, 0.5) is 0 Å². The summed E-state index contributed by atoms with van der Waals surface area (Å²) < 4.78 is 5.86. The van der Waals surface area contributed by atoms with Crippen LogP contribution in [0.3, 0.4) is 0 Å². The second-order valence-corrected chi connectivity index (χ2v) is 10.7. The van der Waals surface area contributed by atoms with Gasteiger partial charge in [-0.25, -0.2) is 0 Å². The van der Waals surface area contributed by atoms with Crippen LogP contribution in [0.25, 0.3) is 0 Å². The van der Waals surface area contributed by atoms with E-state index in [1.807, 2.05) is 49.4 Å². The topological polar surface area (TPSA) is 80.3 Å². The highest BCUT2D eigenvalue weighted by Crippen LogP contribution is 2.60. The Bertz CT molecular complexity index is 987. The Morgan fingerprint density at radius 2 is 1.79 bits per heavy atom. The summed E-state index contributed by atoms with van der Waals surface area (Å²) in [4.78, 5) is 29.9. The predicted octanol–water partition coefficient (Wildman–Crippen LogP) is 4.56. The van der Waals surface area contributed by atoms with Crippen LogP contribution in [0.2, 0.25) is 0 Å². The number of aromatic nitrogens is 1. The number of nitrogens with zero attached hydrogens (tertiary/aromatic N) is 1. The highest BCUT2D eigenvalue weighted by molar-refractivity contribution is 5.84. The van der Waals surface area contributed by atoms with Gasteiger partial charge < -0.3 is 15.4 Å². The Morgan fingerprint density at radius 3 is 2.47 bits per heavy atom. The zero-order chi connectivity index (χ0) is 23.5. The van der Waals surface area contributed by atoms with Gasteiger partial charge >= 0.3 is 0 Å². The second kappa shape index (κ2) is 9.77. The molecule has 1 heterocycles. The van der Waals surface area contributed by atoms with E-state index in [1.165, 1.54) is 19.3 Å². The molecule has 1 aromatic carbocycles. The molecule has 0 spiro atoms. The van der Waals surface area contributed by atoms with Crippen LogP contribution >= 0.6 is 0 Å². The maximum Gasteiger partial charge on any atom is 0.226 e. The molecule has 4 fully saturated rings. The smallest absolute Gasteiger partial charge is 0.226 e. The summed E-state index contributed by atoms with van der Waals surface area (Å²) in [7, 11) is 0. The Morgan fingerprint density at radius 1 is 1.06 bits per heavy atom. The first-order valence-electron chi connectivity index (χ1n) is 12.7. The van der Waals surface area contributed by atoms with Crippen LogP contribution in [0.5, 0.6) is 5.75 Å². The number of hydrogen-bond acceptors (Lipinski definition) is 4. The van der Waals surface area contributed by atoms with Gasteiger partial charge in [0, 0.05) is 24.6 Å². The lowest BCUT2D eigenvalue weighted by Crippen LogP contribution is -2.53. The van der Waals surface area contributed by atoms with E-state index in [2.05, 4.69) is 15.6 Å². The molecule has 34 heavy (non-hydrogen) atoms. The van der Waals surface area contributed by atoms with Crippen LogP contribution in [0.1, 0.15) is 69.2 Å². The van der Waals surface area contributed by atoms with Crippen LogP contribution in [0.15, 0.2) is 48.7 Å². The molecule has 1 atom stereocenters. The SMILES string of the molecule is CC(NC(=O)CCNC(=O)C12CC3CC(CC(C3)C1)C2)c1cccc(OCc2ccccn2)c1. The number of amides is 2. The summed E-state index contributed by atoms with van der Waals surface area (Å²) in [5.74, 6) is 3.09. The largest absolute Gasteiger partial charge is 0.487 e.